The number of benzene rings is 1. The second-order valence-electron chi connectivity index (χ2n) is 4.51. The number of aromatic nitrogens is 3. The average molecular weight is 320 g/mol. The molecular weight excluding hydrogens is 306 g/mol. The van der Waals surface area contributed by atoms with Crippen LogP contribution in [-0.2, 0) is 7.05 Å². The van der Waals surface area contributed by atoms with Gasteiger partial charge in [-0.15, -0.1) is 0 Å². The molecule has 0 aliphatic heterocycles. The van der Waals surface area contributed by atoms with Crippen LogP contribution in [0.4, 0.5) is 0 Å². The van der Waals surface area contributed by atoms with E-state index in [-0.39, 0.29) is 22.5 Å². The second kappa shape index (κ2) is 5.01. The van der Waals surface area contributed by atoms with E-state index < -0.39 is 0 Å². The number of aryl methyl sites for hydroxylation is 2. The summed E-state index contributed by atoms with van der Waals surface area (Å²) in [5.41, 5.74) is 3.57. The molecule has 3 rings (SSSR count). The van der Waals surface area contributed by atoms with Crippen molar-refractivity contribution in [3.8, 4) is 11.3 Å². The number of nitrogens with zero attached hydrogens (tertiary/aromatic N) is 2. The molecule has 2 heterocycles. The molecule has 3 aromatic rings. The molecule has 0 aliphatic carbocycles. The number of rotatable bonds is 1. The normalized spacial score (nSPS) is 10.4. The zero-order chi connectivity index (χ0) is 12.7. The number of H-pyrrole nitrogens is 1. The zero-order valence-corrected chi connectivity index (χ0v) is 12.3. The molecule has 0 unspecified atom stereocenters. The van der Waals surface area contributed by atoms with Crippen LogP contribution in [-0.4, -0.2) is 9.38 Å². The van der Waals surface area contributed by atoms with Crippen molar-refractivity contribution in [3.63, 3.8) is 0 Å². The number of halogens is 1. The molecule has 0 bridgehead atoms. The lowest BCUT2D eigenvalue weighted by molar-refractivity contribution is -0.645. The lowest BCUT2D eigenvalue weighted by atomic mass is 10.1. The van der Waals surface area contributed by atoms with Crippen molar-refractivity contribution in [2.45, 2.75) is 6.92 Å². The monoisotopic (exact) mass is 319 g/mol. The SMILES string of the molecule is Cc1cccc(-c2cn3cc[n+](C)c3c(=O)[nH]2)c1.[Br-]. The van der Waals surface area contributed by atoms with Gasteiger partial charge in [0.1, 0.15) is 18.6 Å². The Balaban J connectivity index is 0.00000133. The summed E-state index contributed by atoms with van der Waals surface area (Å²) in [6.07, 6.45) is 5.68. The third-order valence-electron chi connectivity index (χ3n) is 3.08. The van der Waals surface area contributed by atoms with Crippen molar-refractivity contribution in [1.82, 2.24) is 9.38 Å². The summed E-state index contributed by atoms with van der Waals surface area (Å²) in [6, 6.07) is 8.08. The first-order valence-corrected chi connectivity index (χ1v) is 5.82. The fraction of sp³-hybridized carbons (Fsp3) is 0.143. The highest BCUT2D eigenvalue weighted by molar-refractivity contribution is 5.59. The Morgan fingerprint density at radius 1 is 1.32 bits per heavy atom. The van der Waals surface area contributed by atoms with Gasteiger partial charge in [0, 0.05) is 5.56 Å². The van der Waals surface area contributed by atoms with Crippen LogP contribution in [0.15, 0.2) is 47.7 Å². The van der Waals surface area contributed by atoms with E-state index in [2.05, 4.69) is 11.1 Å². The molecule has 98 valence electrons. The van der Waals surface area contributed by atoms with Gasteiger partial charge in [-0.2, -0.15) is 4.40 Å². The first-order valence-electron chi connectivity index (χ1n) is 5.82. The third-order valence-corrected chi connectivity index (χ3v) is 3.08. The molecule has 4 nitrogen and oxygen atoms in total. The molecule has 1 aromatic carbocycles. The van der Waals surface area contributed by atoms with E-state index in [1.165, 1.54) is 5.56 Å². The van der Waals surface area contributed by atoms with Crippen LogP contribution in [0.25, 0.3) is 16.9 Å². The van der Waals surface area contributed by atoms with Gasteiger partial charge in [-0.05, 0) is 13.0 Å². The number of imidazole rings is 1. The molecule has 0 saturated heterocycles. The fourth-order valence-corrected chi connectivity index (χ4v) is 2.19. The van der Waals surface area contributed by atoms with E-state index >= 15 is 0 Å². The summed E-state index contributed by atoms with van der Waals surface area (Å²) in [6.45, 7) is 2.04. The maximum atomic E-state index is 12.0. The van der Waals surface area contributed by atoms with E-state index in [1.807, 2.05) is 55.2 Å². The highest BCUT2D eigenvalue weighted by atomic mass is 79.9. The predicted octanol–water partition coefficient (Wildman–Crippen LogP) is -1.57. The molecule has 0 atom stereocenters. The molecule has 5 heteroatoms. The van der Waals surface area contributed by atoms with Crippen molar-refractivity contribution in [1.29, 1.82) is 0 Å². The van der Waals surface area contributed by atoms with Crippen LogP contribution in [0.5, 0.6) is 0 Å². The summed E-state index contributed by atoms with van der Waals surface area (Å²) in [5.74, 6) is 0. The highest BCUT2D eigenvalue weighted by Crippen LogP contribution is 2.16. The Hall–Kier alpha value is -1.88. The van der Waals surface area contributed by atoms with Crippen LogP contribution in [0.1, 0.15) is 5.56 Å². The Bertz CT molecular complexity index is 789. The van der Waals surface area contributed by atoms with Gasteiger partial charge in [-0.1, -0.05) is 23.8 Å². The van der Waals surface area contributed by atoms with Gasteiger partial charge in [0.2, 0.25) is 0 Å². The minimum Gasteiger partial charge on any atom is -1.00 e. The maximum Gasteiger partial charge on any atom is 0.352 e. The van der Waals surface area contributed by atoms with Gasteiger partial charge in [0.25, 0.3) is 0 Å². The average Bonchev–Trinajstić information content (AvgIpc) is 2.71. The summed E-state index contributed by atoms with van der Waals surface area (Å²) in [4.78, 5) is 15.0. The number of aromatic amines is 1. The number of fused-ring (bicyclic) bond motifs is 1. The lowest BCUT2D eigenvalue weighted by Gasteiger charge is -2.01. The molecule has 0 amide bonds. The van der Waals surface area contributed by atoms with E-state index in [0.29, 0.717) is 5.65 Å². The maximum absolute atomic E-state index is 12.0. The molecule has 0 fully saturated rings. The smallest absolute Gasteiger partial charge is 0.352 e. The quantitative estimate of drug-likeness (QED) is 0.541. The first-order chi connectivity index (χ1) is 8.65. The van der Waals surface area contributed by atoms with Crippen LogP contribution in [0, 0.1) is 6.92 Å². The van der Waals surface area contributed by atoms with Gasteiger partial charge in [-0.3, -0.25) is 4.79 Å². The van der Waals surface area contributed by atoms with E-state index in [0.717, 1.165) is 11.3 Å². The van der Waals surface area contributed by atoms with E-state index in [4.69, 9.17) is 0 Å². The second-order valence-corrected chi connectivity index (χ2v) is 4.51. The summed E-state index contributed by atoms with van der Waals surface area (Å²) < 4.78 is 3.65. The lowest BCUT2D eigenvalue weighted by Crippen LogP contribution is -3.00. The Labute approximate surface area is 121 Å². The topological polar surface area (TPSA) is 41.1 Å². The predicted molar refractivity (Wildman–Crippen MR) is 69.4 cm³/mol. The van der Waals surface area contributed by atoms with Crippen molar-refractivity contribution in [3.05, 3.63) is 58.8 Å². The summed E-state index contributed by atoms with van der Waals surface area (Å²) in [5, 5.41) is 0. The molecule has 0 aliphatic rings. The van der Waals surface area contributed by atoms with E-state index in [9.17, 15) is 4.79 Å². The molecule has 0 radical (unpaired) electrons. The molecule has 0 spiro atoms. The minimum absolute atomic E-state index is 0. The Morgan fingerprint density at radius 2 is 2.11 bits per heavy atom. The van der Waals surface area contributed by atoms with Crippen molar-refractivity contribution >= 4 is 5.65 Å². The van der Waals surface area contributed by atoms with Gasteiger partial charge < -0.3 is 22.0 Å². The molecule has 1 N–H and O–H groups in total. The summed E-state index contributed by atoms with van der Waals surface area (Å²) >= 11 is 0. The number of hydrogen-bond donors (Lipinski definition) is 1. The van der Waals surface area contributed by atoms with E-state index in [1.54, 1.807) is 4.57 Å². The zero-order valence-electron chi connectivity index (χ0n) is 10.7. The molecule has 2 aromatic heterocycles. The van der Waals surface area contributed by atoms with Crippen LogP contribution in [0.2, 0.25) is 0 Å². The van der Waals surface area contributed by atoms with Crippen molar-refractivity contribution in [2.24, 2.45) is 7.05 Å². The standard InChI is InChI=1S/C14H13N3O.BrH/c1-10-4-3-5-11(8-10)12-9-17-7-6-16(2)14(17)13(18)15-12;/h3-9H,1-2H3;1H. The molecular formula is C14H14BrN3O. The van der Waals surface area contributed by atoms with Crippen molar-refractivity contribution < 1.29 is 21.5 Å². The third kappa shape index (κ3) is 2.33. The molecule has 19 heavy (non-hydrogen) atoms. The van der Waals surface area contributed by atoms with Gasteiger partial charge >= 0.3 is 11.2 Å². The fourth-order valence-electron chi connectivity index (χ4n) is 2.19. The Morgan fingerprint density at radius 3 is 2.84 bits per heavy atom. The largest absolute Gasteiger partial charge is 1.00 e. The van der Waals surface area contributed by atoms with Crippen molar-refractivity contribution in [2.75, 3.05) is 0 Å². The van der Waals surface area contributed by atoms with Gasteiger partial charge in [0.05, 0.1) is 12.7 Å². The van der Waals surface area contributed by atoms with Crippen LogP contribution < -0.4 is 27.1 Å². The van der Waals surface area contributed by atoms with Crippen LogP contribution in [0.3, 0.4) is 0 Å². The first kappa shape index (κ1) is 13.5. The van der Waals surface area contributed by atoms with Crippen LogP contribution >= 0.6 is 0 Å². The minimum atomic E-state index is -0.0819. The Kier molecular flexibility index (Phi) is 3.57. The number of nitrogens with one attached hydrogen (secondary N) is 1. The van der Waals surface area contributed by atoms with Gasteiger partial charge in [0.15, 0.2) is 0 Å². The summed E-state index contributed by atoms with van der Waals surface area (Å²) in [7, 11) is 1.86. The van der Waals surface area contributed by atoms with Gasteiger partial charge in [-0.25, -0.2) is 4.57 Å². The highest BCUT2D eigenvalue weighted by Gasteiger charge is 2.13. The molecule has 0 saturated carbocycles. The number of hydrogen-bond acceptors (Lipinski definition) is 1.